The van der Waals surface area contributed by atoms with Crippen LogP contribution in [0.4, 0.5) is 4.79 Å². The zero-order valence-corrected chi connectivity index (χ0v) is 11.1. The molecule has 5 N–H and O–H groups in total. The van der Waals surface area contributed by atoms with Gasteiger partial charge in [-0.15, -0.1) is 0 Å². The molecular weight excluding hydrogens is 254 g/mol. The molecule has 19 heavy (non-hydrogen) atoms. The summed E-state index contributed by atoms with van der Waals surface area (Å²) < 4.78 is 0. The SMILES string of the molecule is CC(NC(=O)NC(=O)CC(C)(C)CC(=O)O)C(N)=O. The van der Waals surface area contributed by atoms with Crippen molar-refractivity contribution in [2.75, 3.05) is 0 Å². The molecule has 108 valence electrons. The molecule has 0 aromatic rings. The molecule has 0 saturated carbocycles. The Morgan fingerprint density at radius 3 is 2.16 bits per heavy atom. The molecule has 0 aliphatic heterocycles. The smallest absolute Gasteiger partial charge is 0.322 e. The molecule has 8 nitrogen and oxygen atoms in total. The van der Waals surface area contributed by atoms with Crippen LogP contribution in [0.1, 0.15) is 33.6 Å². The van der Waals surface area contributed by atoms with E-state index in [1.807, 2.05) is 5.32 Å². The van der Waals surface area contributed by atoms with E-state index in [0.29, 0.717) is 0 Å². The number of amides is 4. The first-order valence-electron chi connectivity index (χ1n) is 5.65. The highest BCUT2D eigenvalue weighted by Gasteiger charge is 2.26. The van der Waals surface area contributed by atoms with Gasteiger partial charge in [-0.3, -0.25) is 19.7 Å². The lowest BCUT2D eigenvalue weighted by Crippen LogP contribution is -2.48. The molecule has 0 radical (unpaired) electrons. The average molecular weight is 273 g/mol. The first kappa shape index (κ1) is 16.9. The lowest BCUT2D eigenvalue weighted by atomic mass is 9.85. The van der Waals surface area contributed by atoms with E-state index >= 15 is 0 Å². The number of carboxylic acids is 1. The van der Waals surface area contributed by atoms with Crippen molar-refractivity contribution in [3.8, 4) is 0 Å². The molecule has 8 heteroatoms. The van der Waals surface area contributed by atoms with Gasteiger partial charge in [0.25, 0.3) is 0 Å². The predicted octanol–water partition coefficient (Wildman–Crippen LogP) is -0.423. The van der Waals surface area contributed by atoms with Crippen molar-refractivity contribution in [1.82, 2.24) is 10.6 Å². The fourth-order valence-corrected chi connectivity index (χ4v) is 1.38. The molecule has 1 unspecified atom stereocenters. The van der Waals surface area contributed by atoms with Crippen LogP contribution >= 0.6 is 0 Å². The molecule has 1 atom stereocenters. The van der Waals surface area contributed by atoms with Crippen LogP contribution in [0.3, 0.4) is 0 Å². The average Bonchev–Trinajstić information content (AvgIpc) is 2.12. The number of carbonyl (C=O) groups excluding carboxylic acids is 3. The van der Waals surface area contributed by atoms with E-state index in [4.69, 9.17) is 10.8 Å². The van der Waals surface area contributed by atoms with Crippen molar-refractivity contribution in [3.05, 3.63) is 0 Å². The number of carbonyl (C=O) groups is 4. The summed E-state index contributed by atoms with van der Waals surface area (Å²) in [5, 5.41) is 12.8. The first-order valence-corrected chi connectivity index (χ1v) is 5.65. The van der Waals surface area contributed by atoms with Crippen LogP contribution in [0.5, 0.6) is 0 Å². The Labute approximate surface area is 110 Å². The predicted molar refractivity (Wildman–Crippen MR) is 66.0 cm³/mol. The molecule has 0 rings (SSSR count). The number of imide groups is 1. The van der Waals surface area contributed by atoms with E-state index in [-0.39, 0.29) is 12.8 Å². The van der Waals surface area contributed by atoms with Crippen molar-refractivity contribution in [1.29, 1.82) is 0 Å². The molecule has 0 aliphatic rings. The van der Waals surface area contributed by atoms with Crippen LogP contribution in [0.2, 0.25) is 0 Å². The van der Waals surface area contributed by atoms with Crippen LogP contribution in [0.25, 0.3) is 0 Å². The maximum atomic E-state index is 11.5. The Bertz CT molecular complexity index is 392. The molecule has 0 aliphatic carbocycles. The molecule has 0 spiro atoms. The zero-order chi connectivity index (χ0) is 15.2. The Kier molecular flexibility index (Phi) is 5.97. The van der Waals surface area contributed by atoms with Gasteiger partial charge in [0.05, 0.1) is 6.42 Å². The van der Waals surface area contributed by atoms with Crippen molar-refractivity contribution < 1.29 is 24.3 Å². The number of primary amides is 1. The lowest BCUT2D eigenvalue weighted by Gasteiger charge is -2.21. The quantitative estimate of drug-likeness (QED) is 0.520. The van der Waals surface area contributed by atoms with E-state index < -0.39 is 35.3 Å². The highest BCUT2D eigenvalue weighted by molar-refractivity contribution is 5.96. The van der Waals surface area contributed by atoms with E-state index in [2.05, 4.69) is 5.32 Å². The van der Waals surface area contributed by atoms with Gasteiger partial charge in [-0.1, -0.05) is 13.8 Å². The van der Waals surface area contributed by atoms with Crippen molar-refractivity contribution in [3.63, 3.8) is 0 Å². The fraction of sp³-hybridized carbons (Fsp3) is 0.636. The summed E-state index contributed by atoms with van der Waals surface area (Å²) >= 11 is 0. The van der Waals surface area contributed by atoms with Gasteiger partial charge in [0.2, 0.25) is 11.8 Å². The number of hydrogen-bond acceptors (Lipinski definition) is 4. The number of nitrogens with one attached hydrogen (secondary N) is 2. The minimum absolute atomic E-state index is 0.127. The van der Waals surface area contributed by atoms with Gasteiger partial charge in [-0.2, -0.15) is 0 Å². The number of rotatable bonds is 6. The van der Waals surface area contributed by atoms with Gasteiger partial charge in [-0.25, -0.2) is 4.79 Å². The minimum atomic E-state index is -1.02. The maximum absolute atomic E-state index is 11.5. The molecule has 0 aromatic carbocycles. The lowest BCUT2D eigenvalue weighted by molar-refractivity contribution is -0.139. The van der Waals surface area contributed by atoms with Crippen LogP contribution < -0.4 is 16.4 Å². The standard InChI is InChI=1S/C11H19N3O5/c1-6(9(12)18)13-10(19)14-7(15)4-11(2,3)5-8(16)17/h6H,4-5H2,1-3H3,(H2,12,18)(H,16,17)(H2,13,14,15,19). The minimum Gasteiger partial charge on any atom is -0.481 e. The normalized spacial score (nSPS) is 12.4. The maximum Gasteiger partial charge on any atom is 0.322 e. The van der Waals surface area contributed by atoms with E-state index in [1.165, 1.54) is 6.92 Å². The van der Waals surface area contributed by atoms with E-state index in [9.17, 15) is 19.2 Å². The second kappa shape index (κ2) is 6.72. The summed E-state index contributed by atoms with van der Waals surface area (Å²) in [4.78, 5) is 44.1. The van der Waals surface area contributed by atoms with E-state index in [1.54, 1.807) is 13.8 Å². The second-order valence-corrected chi connectivity index (χ2v) is 5.06. The summed E-state index contributed by atoms with van der Waals surface area (Å²) in [6.45, 7) is 4.58. The van der Waals surface area contributed by atoms with E-state index in [0.717, 1.165) is 0 Å². The Morgan fingerprint density at radius 1 is 1.21 bits per heavy atom. The van der Waals surface area contributed by atoms with Gasteiger partial charge < -0.3 is 16.2 Å². The highest BCUT2D eigenvalue weighted by atomic mass is 16.4. The summed E-state index contributed by atoms with van der Waals surface area (Å²) in [5.74, 6) is -2.38. The largest absolute Gasteiger partial charge is 0.481 e. The summed E-state index contributed by atoms with van der Waals surface area (Å²) in [7, 11) is 0. The molecule has 0 heterocycles. The van der Waals surface area contributed by atoms with Crippen molar-refractivity contribution in [2.45, 2.75) is 39.7 Å². The Balaban J connectivity index is 4.28. The molecule has 0 aromatic heterocycles. The van der Waals surface area contributed by atoms with Gasteiger partial charge >= 0.3 is 12.0 Å². The molecule has 0 saturated heterocycles. The van der Waals surface area contributed by atoms with Crippen LogP contribution in [0, 0.1) is 5.41 Å². The number of aliphatic carboxylic acids is 1. The van der Waals surface area contributed by atoms with Crippen molar-refractivity contribution in [2.24, 2.45) is 11.1 Å². The molecule has 4 amide bonds. The Morgan fingerprint density at radius 2 is 1.74 bits per heavy atom. The molecule has 0 bridgehead atoms. The van der Waals surface area contributed by atoms with Crippen LogP contribution in [-0.4, -0.2) is 35.0 Å². The number of nitrogens with two attached hydrogens (primary N) is 1. The number of carboxylic acid groups (broad SMARTS) is 1. The summed E-state index contributed by atoms with van der Waals surface area (Å²) in [5.41, 5.74) is 4.17. The van der Waals surface area contributed by atoms with Crippen molar-refractivity contribution >= 4 is 23.8 Å². The van der Waals surface area contributed by atoms with Crippen LogP contribution in [0.15, 0.2) is 0 Å². The third-order valence-electron chi connectivity index (χ3n) is 2.30. The Hall–Kier alpha value is -2.12. The monoisotopic (exact) mass is 273 g/mol. The molecule has 0 fully saturated rings. The first-order chi connectivity index (χ1) is 8.53. The number of urea groups is 1. The highest BCUT2D eigenvalue weighted by Crippen LogP contribution is 2.24. The fourth-order valence-electron chi connectivity index (χ4n) is 1.38. The number of hydrogen-bond donors (Lipinski definition) is 4. The van der Waals surface area contributed by atoms with Gasteiger partial charge in [0, 0.05) is 6.42 Å². The van der Waals surface area contributed by atoms with Gasteiger partial charge in [0.15, 0.2) is 0 Å². The second-order valence-electron chi connectivity index (χ2n) is 5.06. The molecular formula is C11H19N3O5. The van der Waals surface area contributed by atoms with Gasteiger partial charge in [-0.05, 0) is 12.3 Å². The summed E-state index contributed by atoms with van der Waals surface area (Å²) in [6.07, 6.45) is -0.322. The summed E-state index contributed by atoms with van der Waals surface area (Å²) in [6, 6.07) is -1.75. The van der Waals surface area contributed by atoms with Crippen LogP contribution in [-0.2, 0) is 14.4 Å². The topological polar surface area (TPSA) is 139 Å². The third-order valence-corrected chi connectivity index (χ3v) is 2.30. The zero-order valence-electron chi connectivity index (χ0n) is 11.1. The third kappa shape index (κ3) is 7.74. The van der Waals surface area contributed by atoms with Gasteiger partial charge in [0.1, 0.15) is 6.04 Å².